The van der Waals surface area contributed by atoms with Crippen molar-refractivity contribution in [3.8, 4) is 17.6 Å². The summed E-state index contributed by atoms with van der Waals surface area (Å²) < 4.78 is 13.6. The first-order chi connectivity index (χ1) is 13.7. The van der Waals surface area contributed by atoms with Gasteiger partial charge in [0.1, 0.15) is 17.6 Å². The highest BCUT2D eigenvalue weighted by molar-refractivity contribution is 5.91. The second kappa shape index (κ2) is 9.09. The molecule has 3 rings (SSSR count). The van der Waals surface area contributed by atoms with Gasteiger partial charge in [0.05, 0.1) is 29.8 Å². The topological polar surface area (TPSA) is 60.1 Å². The van der Waals surface area contributed by atoms with Crippen molar-refractivity contribution < 1.29 is 9.47 Å². The maximum absolute atomic E-state index is 9.79. The third kappa shape index (κ3) is 4.17. The van der Waals surface area contributed by atoms with E-state index in [1.807, 2.05) is 60.2 Å². The molecule has 1 heterocycles. The van der Waals surface area contributed by atoms with Crippen molar-refractivity contribution in [3.63, 3.8) is 0 Å². The molecule has 0 radical (unpaired) electrons. The largest absolute Gasteiger partial charge is 0.493 e. The normalized spacial score (nSPS) is 11.4. The van der Waals surface area contributed by atoms with Crippen molar-refractivity contribution in [1.82, 2.24) is 9.55 Å². The smallest absolute Gasteiger partial charge is 0.151 e. The molecule has 144 valence electrons. The molecule has 0 saturated carbocycles. The van der Waals surface area contributed by atoms with Crippen LogP contribution in [0, 0.1) is 11.3 Å². The molecular weight excluding hydrogens is 350 g/mol. The number of benzene rings is 2. The molecule has 0 saturated heterocycles. The van der Waals surface area contributed by atoms with Crippen LogP contribution < -0.4 is 9.47 Å². The van der Waals surface area contributed by atoms with E-state index in [0.717, 1.165) is 35.2 Å². The van der Waals surface area contributed by atoms with Gasteiger partial charge in [0, 0.05) is 18.7 Å². The summed E-state index contributed by atoms with van der Waals surface area (Å²) in [5.74, 6) is 2.12. The molecule has 0 fully saturated rings. The van der Waals surface area contributed by atoms with Crippen LogP contribution in [0.4, 0.5) is 0 Å². The molecule has 0 atom stereocenters. The van der Waals surface area contributed by atoms with E-state index >= 15 is 0 Å². The molecule has 28 heavy (non-hydrogen) atoms. The van der Waals surface area contributed by atoms with Crippen LogP contribution >= 0.6 is 0 Å². The number of imidazole rings is 1. The maximum atomic E-state index is 9.79. The van der Waals surface area contributed by atoms with Crippen molar-refractivity contribution in [2.24, 2.45) is 7.05 Å². The van der Waals surface area contributed by atoms with Crippen LogP contribution in [0.5, 0.6) is 11.5 Å². The van der Waals surface area contributed by atoms with Gasteiger partial charge in [-0.3, -0.25) is 0 Å². The Hall–Kier alpha value is -3.26. The van der Waals surface area contributed by atoms with E-state index < -0.39 is 0 Å². The molecule has 1 aromatic heterocycles. The molecular formula is C23H25N3O2. The van der Waals surface area contributed by atoms with Crippen LogP contribution in [0.3, 0.4) is 0 Å². The summed E-state index contributed by atoms with van der Waals surface area (Å²) >= 11 is 0. The molecule has 5 nitrogen and oxygen atoms in total. The minimum Gasteiger partial charge on any atom is -0.493 e. The standard InChI is InChI=1S/C23H25N3O2/c1-4-12-27-19-11-10-17(22(15-19)28-13-5-2)14-18(16-24)23-25-20-8-6-7-9-21(20)26(23)3/h6-11,14-15H,4-5,12-13H2,1-3H3/b18-14+. The van der Waals surface area contributed by atoms with Crippen LogP contribution in [0.2, 0.25) is 0 Å². The third-order valence-electron chi connectivity index (χ3n) is 4.37. The number of aromatic nitrogens is 2. The summed E-state index contributed by atoms with van der Waals surface area (Å²) in [6.45, 7) is 5.40. The number of para-hydroxylation sites is 2. The first-order valence-corrected chi connectivity index (χ1v) is 9.61. The highest BCUT2D eigenvalue weighted by Crippen LogP contribution is 2.30. The summed E-state index contributed by atoms with van der Waals surface area (Å²) in [5.41, 5.74) is 3.18. The lowest BCUT2D eigenvalue weighted by molar-refractivity contribution is 0.301. The Morgan fingerprint density at radius 3 is 2.57 bits per heavy atom. The molecule has 0 N–H and O–H groups in total. The first kappa shape index (κ1) is 19.5. The maximum Gasteiger partial charge on any atom is 0.151 e. The number of aryl methyl sites for hydroxylation is 1. The van der Waals surface area contributed by atoms with Gasteiger partial charge in [-0.25, -0.2) is 4.98 Å². The van der Waals surface area contributed by atoms with E-state index in [2.05, 4.69) is 24.9 Å². The lowest BCUT2D eigenvalue weighted by Crippen LogP contribution is -2.00. The highest BCUT2D eigenvalue weighted by Gasteiger charge is 2.13. The number of rotatable bonds is 8. The Balaban J connectivity index is 2.03. The number of nitrogens with zero attached hydrogens (tertiary/aromatic N) is 3. The van der Waals surface area contributed by atoms with E-state index in [9.17, 15) is 5.26 Å². The van der Waals surface area contributed by atoms with Gasteiger partial charge >= 0.3 is 0 Å². The predicted octanol–water partition coefficient (Wildman–Crippen LogP) is 5.22. The van der Waals surface area contributed by atoms with Crippen molar-refractivity contribution in [2.45, 2.75) is 26.7 Å². The molecule has 0 aliphatic rings. The summed E-state index contributed by atoms with van der Waals surface area (Å²) in [5, 5.41) is 9.79. The Bertz CT molecular complexity index is 1030. The summed E-state index contributed by atoms with van der Waals surface area (Å²) in [6.07, 6.45) is 3.67. The van der Waals surface area contributed by atoms with E-state index in [1.165, 1.54) is 0 Å². The fourth-order valence-electron chi connectivity index (χ4n) is 2.97. The van der Waals surface area contributed by atoms with Crippen molar-refractivity contribution >= 4 is 22.7 Å². The average Bonchev–Trinajstić information content (AvgIpc) is 3.06. The fraction of sp³-hybridized carbons (Fsp3) is 0.304. The zero-order chi connectivity index (χ0) is 19.9. The van der Waals surface area contributed by atoms with Gasteiger partial charge in [-0.1, -0.05) is 26.0 Å². The van der Waals surface area contributed by atoms with E-state index in [1.54, 1.807) is 0 Å². The van der Waals surface area contributed by atoms with Crippen LogP contribution in [0.25, 0.3) is 22.7 Å². The molecule has 5 heteroatoms. The van der Waals surface area contributed by atoms with Gasteiger partial charge in [0.2, 0.25) is 0 Å². The summed E-state index contributed by atoms with van der Waals surface area (Å²) in [4.78, 5) is 4.64. The zero-order valence-corrected chi connectivity index (χ0v) is 16.6. The lowest BCUT2D eigenvalue weighted by Gasteiger charge is -2.12. The van der Waals surface area contributed by atoms with Crippen molar-refractivity contribution in [1.29, 1.82) is 5.26 Å². The van der Waals surface area contributed by atoms with Gasteiger partial charge in [-0.2, -0.15) is 5.26 Å². The van der Waals surface area contributed by atoms with E-state index in [4.69, 9.17) is 9.47 Å². The van der Waals surface area contributed by atoms with Crippen molar-refractivity contribution in [2.75, 3.05) is 13.2 Å². The fourth-order valence-corrected chi connectivity index (χ4v) is 2.97. The van der Waals surface area contributed by atoms with Crippen LogP contribution in [0.1, 0.15) is 38.1 Å². The van der Waals surface area contributed by atoms with Crippen LogP contribution in [0.15, 0.2) is 42.5 Å². The van der Waals surface area contributed by atoms with E-state index in [-0.39, 0.29) is 0 Å². The molecule has 0 spiro atoms. The number of nitriles is 1. The number of hydrogen-bond acceptors (Lipinski definition) is 4. The minimum atomic E-state index is 0.488. The average molecular weight is 375 g/mol. The molecule has 0 aliphatic heterocycles. The molecule has 3 aromatic rings. The predicted molar refractivity (Wildman–Crippen MR) is 112 cm³/mol. The Labute approximate surface area is 165 Å². The zero-order valence-electron chi connectivity index (χ0n) is 16.6. The molecule has 2 aromatic carbocycles. The van der Waals surface area contributed by atoms with Crippen LogP contribution in [-0.2, 0) is 7.05 Å². The van der Waals surface area contributed by atoms with E-state index in [0.29, 0.717) is 30.4 Å². The lowest BCUT2D eigenvalue weighted by atomic mass is 10.1. The number of allylic oxidation sites excluding steroid dienone is 1. The monoisotopic (exact) mass is 375 g/mol. The third-order valence-corrected chi connectivity index (χ3v) is 4.37. The summed E-state index contributed by atoms with van der Waals surface area (Å²) in [7, 11) is 1.92. The SMILES string of the molecule is CCCOc1ccc(/C=C(\C#N)c2nc3ccccc3n2C)c(OCCC)c1. The number of ether oxygens (including phenoxy) is 2. The Morgan fingerprint density at radius 1 is 1.11 bits per heavy atom. The van der Waals surface area contributed by atoms with Gasteiger partial charge in [0.15, 0.2) is 5.82 Å². The second-order valence-corrected chi connectivity index (χ2v) is 6.55. The number of hydrogen-bond donors (Lipinski definition) is 0. The second-order valence-electron chi connectivity index (χ2n) is 6.55. The first-order valence-electron chi connectivity index (χ1n) is 9.61. The quantitative estimate of drug-likeness (QED) is 0.507. The van der Waals surface area contributed by atoms with Crippen molar-refractivity contribution in [3.05, 3.63) is 53.9 Å². The highest BCUT2D eigenvalue weighted by atomic mass is 16.5. The number of fused-ring (bicyclic) bond motifs is 1. The van der Waals surface area contributed by atoms with Gasteiger partial charge in [-0.05, 0) is 43.2 Å². The van der Waals surface area contributed by atoms with Gasteiger partial charge < -0.3 is 14.0 Å². The van der Waals surface area contributed by atoms with Gasteiger partial charge in [-0.15, -0.1) is 0 Å². The molecule has 0 aliphatic carbocycles. The van der Waals surface area contributed by atoms with Gasteiger partial charge in [0.25, 0.3) is 0 Å². The minimum absolute atomic E-state index is 0.488. The Kier molecular flexibility index (Phi) is 6.33. The molecule has 0 unspecified atom stereocenters. The Morgan fingerprint density at radius 2 is 1.86 bits per heavy atom. The van der Waals surface area contributed by atoms with Crippen LogP contribution in [-0.4, -0.2) is 22.8 Å². The molecule has 0 amide bonds. The summed E-state index contributed by atoms with van der Waals surface area (Å²) in [6, 6.07) is 15.9. The molecule has 0 bridgehead atoms.